The largest absolute Gasteiger partial charge is 0.449 e. The second-order valence-corrected chi connectivity index (χ2v) is 12.2. The van der Waals surface area contributed by atoms with E-state index in [1.165, 1.54) is 12.3 Å². The van der Waals surface area contributed by atoms with Gasteiger partial charge in [-0.15, -0.1) is 12.6 Å². The number of carbonyl (C=O) groups is 2. The Kier molecular flexibility index (Phi) is 5.78. The summed E-state index contributed by atoms with van der Waals surface area (Å²) in [5, 5.41) is 15.9. The highest BCUT2D eigenvalue weighted by Gasteiger charge is 2.69. The maximum Gasteiger partial charge on any atom is 0.306 e. The van der Waals surface area contributed by atoms with Crippen LogP contribution in [0.4, 0.5) is 4.39 Å². The summed E-state index contributed by atoms with van der Waals surface area (Å²) < 4.78 is 21.1. The van der Waals surface area contributed by atoms with E-state index in [1.807, 2.05) is 13.1 Å². The lowest BCUT2D eigenvalue weighted by atomic mass is 9.47. The molecule has 2 fully saturated rings. The number of carbonyl (C=O) groups excluding carboxylic acids is 2. The highest BCUT2D eigenvalue weighted by atomic mass is 32.1. The van der Waals surface area contributed by atoms with E-state index < -0.39 is 34.2 Å². The SMILES string of the molecule is CCC(=O)O[C@]1(C(=O)S)CC[C@H]2[C@@H]3C=CC4=Cc5c(cnn5-c5ccc(F)nc5)C[C@]4(C)[C@H]3[C@@H](O)C[C@@]21C. The van der Waals surface area contributed by atoms with Gasteiger partial charge in [-0.3, -0.25) is 9.59 Å². The summed E-state index contributed by atoms with van der Waals surface area (Å²) in [6.45, 7) is 5.90. The number of hydrogen-bond donors (Lipinski definition) is 2. The molecule has 2 saturated carbocycles. The normalized spacial score (nSPS) is 36.9. The Morgan fingerprint density at radius 3 is 2.76 bits per heavy atom. The number of thiol groups is 1. The molecule has 2 aromatic heterocycles. The van der Waals surface area contributed by atoms with Crippen LogP contribution in [0.2, 0.25) is 0 Å². The average molecular weight is 538 g/mol. The number of aliphatic hydroxyl groups is 1. The van der Waals surface area contributed by atoms with Gasteiger partial charge in [0.25, 0.3) is 0 Å². The number of hydrogen-bond acceptors (Lipinski definition) is 6. The molecule has 0 aliphatic heterocycles. The molecule has 4 aliphatic carbocycles. The monoisotopic (exact) mass is 537 g/mol. The molecule has 38 heavy (non-hydrogen) atoms. The summed E-state index contributed by atoms with van der Waals surface area (Å²) in [5.74, 6) is -0.969. The van der Waals surface area contributed by atoms with Crippen molar-refractivity contribution in [2.45, 2.75) is 64.6 Å². The standard InChI is InChI=1S/C29H32FN3O4S/c1-4-24(35)37-29(26(36)38)10-9-20-19-7-5-17-11-21-16(14-32-33(21)18-6-8-23(30)31-15-18)12-27(17,2)25(19)22(34)13-28(20,29)3/h5-8,11,14-15,19-20,22,25,34H,4,9-10,12-13H2,1-3H3,(H,36,38)/t19-,20-,22-,25+,27-,28-,29-/m0/s1. The number of ether oxygens (including phenoxy) is 1. The molecule has 0 aromatic carbocycles. The van der Waals surface area contributed by atoms with Gasteiger partial charge in [0.2, 0.25) is 11.1 Å². The van der Waals surface area contributed by atoms with Crippen molar-refractivity contribution in [1.29, 1.82) is 0 Å². The molecule has 6 rings (SSSR count). The van der Waals surface area contributed by atoms with Gasteiger partial charge in [-0.1, -0.05) is 32.9 Å². The molecule has 200 valence electrons. The van der Waals surface area contributed by atoms with Gasteiger partial charge in [-0.2, -0.15) is 9.49 Å². The van der Waals surface area contributed by atoms with Crippen LogP contribution in [0.5, 0.6) is 0 Å². The summed E-state index contributed by atoms with van der Waals surface area (Å²) in [6.07, 6.45) is 11.4. The number of rotatable bonds is 4. The Bertz CT molecular complexity index is 1390. The quantitative estimate of drug-likeness (QED) is 0.339. The number of nitrogens with zero attached hydrogens (tertiary/aromatic N) is 3. The van der Waals surface area contributed by atoms with Crippen LogP contribution in [-0.2, 0) is 20.7 Å². The predicted octanol–water partition coefficient (Wildman–Crippen LogP) is 4.48. The zero-order chi connectivity index (χ0) is 27.0. The molecule has 0 saturated heterocycles. The second-order valence-electron chi connectivity index (χ2n) is 11.8. The Hall–Kier alpha value is -2.78. The Balaban J connectivity index is 1.39. The molecular weight excluding hydrogens is 505 g/mol. The fraction of sp³-hybridized carbons (Fsp3) is 0.517. The second kappa shape index (κ2) is 8.61. The molecule has 0 amide bonds. The highest BCUT2D eigenvalue weighted by Crippen LogP contribution is 2.67. The highest BCUT2D eigenvalue weighted by molar-refractivity contribution is 7.96. The number of aromatic nitrogens is 3. The average Bonchev–Trinajstić information content (AvgIpc) is 3.40. The predicted molar refractivity (Wildman–Crippen MR) is 142 cm³/mol. The van der Waals surface area contributed by atoms with Crippen molar-refractivity contribution in [3.63, 3.8) is 0 Å². The summed E-state index contributed by atoms with van der Waals surface area (Å²) >= 11 is 4.21. The van der Waals surface area contributed by atoms with Gasteiger partial charge in [-0.25, -0.2) is 9.67 Å². The van der Waals surface area contributed by atoms with Gasteiger partial charge in [0.1, 0.15) is 0 Å². The van der Waals surface area contributed by atoms with E-state index in [1.54, 1.807) is 17.7 Å². The Morgan fingerprint density at radius 1 is 1.29 bits per heavy atom. The van der Waals surface area contributed by atoms with E-state index in [4.69, 9.17) is 4.74 Å². The fourth-order valence-corrected chi connectivity index (χ4v) is 8.56. The number of pyridine rings is 1. The van der Waals surface area contributed by atoms with Crippen LogP contribution < -0.4 is 0 Å². The minimum absolute atomic E-state index is 0.0127. The van der Waals surface area contributed by atoms with Crippen molar-refractivity contribution in [2.75, 3.05) is 0 Å². The van der Waals surface area contributed by atoms with Crippen LogP contribution in [0.1, 0.15) is 57.7 Å². The minimum Gasteiger partial charge on any atom is -0.449 e. The van der Waals surface area contributed by atoms with Gasteiger partial charge in [0.05, 0.1) is 29.9 Å². The molecule has 1 N–H and O–H groups in total. The van der Waals surface area contributed by atoms with Gasteiger partial charge < -0.3 is 9.84 Å². The molecule has 0 unspecified atom stereocenters. The molecule has 2 aromatic rings. The van der Waals surface area contributed by atoms with Crippen molar-refractivity contribution in [3.05, 3.63) is 59.5 Å². The number of fused-ring (bicyclic) bond motifs is 6. The summed E-state index contributed by atoms with van der Waals surface area (Å²) in [5.41, 5.74) is 1.36. The van der Waals surface area contributed by atoms with Gasteiger partial charge in [0.15, 0.2) is 5.60 Å². The maximum absolute atomic E-state index is 13.4. The lowest BCUT2D eigenvalue weighted by Gasteiger charge is -2.58. The third kappa shape index (κ3) is 3.37. The first-order valence-corrected chi connectivity index (χ1v) is 13.7. The van der Waals surface area contributed by atoms with Crippen LogP contribution >= 0.6 is 12.6 Å². The Labute approximate surface area is 226 Å². The van der Waals surface area contributed by atoms with Gasteiger partial charge in [-0.05, 0) is 66.9 Å². The van der Waals surface area contributed by atoms with E-state index in [0.29, 0.717) is 31.4 Å². The lowest BCUT2D eigenvalue weighted by Crippen LogP contribution is -2.61. The topological polar surface area (TPSA) is 94.3 Å². The lowest BCUT2D eigenvalue weighted by molar-refractivity contribution is -0.191. The van der Waals surface area contributed by atoms with Crippen LogP contribution in [0.3, 0.4) is 0 Å². The van der Waals surface area contributed by atoms with Crippen LogP contribution in [-0.4, -0.2) is 42.7 Å². The molecule has 0 radical (unpaired) electrons. The molecule has 0 bridgehead atoms. The molecule has 7 nitrogen and oxygen atoms in total. The van der Waals surface area contributed by atoms with E-state index in [-0.39, 0.29) is 29.6 Å². The van der Waals surface area contributed by atoms with Crippen molar-refractivity contribution in [3.8, 4) is 5.69 Å². The van der Waals surface area contributed by atoms with E-state index >= 15 is 0 Å². The zero-order valence-corrected chi connectivity index (χ0v) is 22.6. The first-order valence-electron chi connectivity index (χ1n) is 13.3. The zero-order valence-electron chi connectivity index (χ0n) is 21.7. The van der Waals surface area contributed by atoms with E-state index in [0.717, 1.165) is 16.8 Å². The van der Waals surface area contributed by atoms with Crippen LogP contribution in [0.25, 0.3) is 11.8 Å². The third-order valence-corrected chi connectivity index (χ3v) is 10.3. The van der Waals surface area contributed by atoms with Gasteiger partial charge >= 0.3 is 5.97 Å². The molecule has 4 aliphatic rings. The first kappa shape index (κ1) is 25.5. The smallest absolute Gasteiger partial charge is 0.306 e. The van der Waals surface area contributed by atoms with Crippen molar-refractivity contribution in [2.24, 2.45) is 28.6 Å². The number of esters is 1. The fourth-order valence-electron chi connectivity index (χ4n) is 8.15. The number of halogens is 1. The van der Waals surface area contributed by atoms with Crippen molar-refractivity contribution in [1.82, 2.24) is 14.8 Å². The number of allylic oxidation sites excluding steroid dienone is 3. The molecule has 0 spiro atoms. The third-order valence-electron chi connectivity index (χ3n) is 9.98. The first-order chi connectivity index (χ1) is 18.0. The van der Waals surface area contributed by atoms with E-state index in [2.05, 4.69) is 47.9 Å². The summed E-state index contributed by atoms with van der Waals surface area (Å²) in [7, 11) is 0. The van der Waals surface area contributed by atoms with Crippen LogP contribution in [0.15, 0.2) is 42.3 Å². The van der Waals surface area contributed by atoms with E-state index in [9.17, 15) is 19.1 Å². The van der Waals surface area contributed by atoms with Crippen LogP contribution in [0, 0.1) is 34.5 Å². The van der Waals surface area contributed by atoms with Crippen molar-refractivity contribution >= 4 is 29.8 Å². The maximum atomic E-state index is 13.4. The molecule has 9 heteroatoms. The van der Waals surface area contributed by atoms with Gasteiger partial charge in [0, 0.05) is 23.2 Å². The number of aliphatic hydroxyl groups excluding tert-OH is 1. The molecular formula is C29H32FN3O4S. The Morgan fingerprint density at radius 2 is 2.08 bits per heavy atom. The summed E-state index contributed by atoms with van der Waals surface area (Å²) in [4.78, 5) is 29.1. The molecule has 2 heterocycles. The van der Waals surface area contributed by atoms with Crippen molar-refractivity contribution < 1.29 is 23.8 Å². The molecule has 7 atom stereocenters. The summed E-state index contributed by atoms with van der Waals surface area (Å²) in [6, 6.07) is 2.97. The minimum atomic E-state index is -1.34.